The number of nitrogens with two attached hydrogens (primary N) is 1. The van der Waals surface area contributed by atoms with Crippen molar-refractivity contribution in [3.05, 3.63) is 60.9 Å². The van der Waals surface area contributed by atoms with E-state index >= 15 is 0 Å². The first kappa shape index (κ1) is 24.5. The van der Waals surface area contributed by atoms with E-state index in [9.17, 15) is 0 Å². The van der Waals surface area contributed by atoms with Gasteiger partial charge < -0.3 is 15.8 Å². The maximum Gasteiger partial charge on any atom is 0.164 e. The standard InChI is InChI=1S/C30H36N8O/c31-29-27-28(22-6-8-26(9-7-22)39-25-4-2-1-3-5-25)35-38(30(27)34-20-33-29)23-11-14-37(15-12-23)24-18-36(19-24)17-21-10-13-32-16-21/h1-9,20-21,23-24,32H,10-19H2,(H2,31,33,34). The highest BCUT2D eigenvalue weighted by Crippen LogP contribution is 2.36. The van der Waals surface area contributed by atoms with Gasteiger partial charge in [0.25, 0.3) is 0 Å². The van der Waals surface area contributed by atoms with Crippen LogP contribution in [0.3, 0.4) is 0 Å². The lowest BCUT2D eigenvalue weighted by atomic mass is 9.98. The molecule has 0 amide bonds. The predicted molar refractivity (Wildman–Crippen MR) is 153 cm³/mol. The molecule has 0 bridgehead atoms. The third-order valence-corrected chi connectivity index (χ3v) is 8.60. The average Bonchev–Trinajstić information content (AvgIpc) is 3.61. The number of nitrogen functional groups attached to an aromatic ring is 1. The van der Waals surface area contributed by atoms with E-state index in [0.29, 0.717) is 17.9 Å². The number of piperidine rings is 1. The number of nitrogens with zero attached hydrogens (tertiary/aromatic N) is 6. The number of anilines is 1. The number of ether oxygens (including phenoxy) is 1. The van der Waals surface area contributed by atoms with Crippen LogP contribution in [0.25, 0.3) is 22.3 Å². The number of hydrogen-bond acceptors (Lipinski definition) is 8. The molecule has 1 unspecified atom stereocenters. The lowest BCUT2D eigenvalue weighted by Gasteiger charge is -2.48. The van der Waals surface area contributed by atoms with Crippen LogP contribution < -0.4 is 15.8 Å². The van der Waals surface area contributed by atoms with Crippen molar-refractivity contribution in [1.82, 2.24) is 34.9 Å². The molecule has 39 heavy (non-hydrogen) atoms. The number of likely N-dealkylation sites (tertiary alicyclic amines) is 2. The van der Waals surface area contributed by atoms with Gasteiger partial charge in [-0.2, -0.15) is 5.10 Å². The van der Waals surface area contributed by atoms with Crippen molar-refractivity contribution < 1.29 is 4.74 Å². The lowest BCUT2D eigenvalue weighted by Crippen LogP contribution is -2.61. The Morgan fingerprint density at radius 3 is 2.41 bits per heavy atom. The summed E-state index contributed by atoms with van der Waals surface area (Å²) in [5, 5.41) is 9.41. The van der Waals surface area contributed by atoms with Gasteiger partial charge in [0.05, 0.1) is 11.4 Å². The van der Waals surface area contributed by atoms with Gasteiger partial charge in [0.15, 0.2) is 5.65 Å². The van der Waals surface area contributed by atoms with Crippen LogP contribution in [0.1, 0.15) is 25.3 Å². The number of benzene rings is 2. The molecule has 9 heteroatoms. The van der Waals surface area contributed by atoms with E-state index in [1.165, 1.54) is 39.1 Å². The van der Waals surface area contributed by atoms with Gasteiger partial charge in [-0.3, -0.25) is 9.80 Å². The molecular weight excluding hydrogens is 488 g/mol. The maximum absolute atomic E-state index is 6.38. The number of rotatable bonds is 7. The van der Waals surface area contributed by atoms with E-state index in [2.05, 4.69) is 29.8 Å². The molecule has 7 rings (SSSR count). The Morgan fingerprint density at radius 1 is 0.897 bits per heavy atom. The molecule has 3 N–H and O–H groups in total. The predicted octanol–water partition coefficient (Wildman–Crippen LogP) is 3.80. The van der Waals surface area contributed by atoms with Gasteiger partial charge in [0.2, 0.25) is 0 Å². The monoisotopic (exact) mass is 524 g/mol. The third-order valence-electron chi connectivity index (χ3n) is 8.60. The Balaban J connectivity index is 1.05. The van der Waals surface area contributed by atoms with Crippen molar-refractivity contribution in [3.63, 3.8) is 0 Å². The lowest BCUT2D eigenvalue weighted by molar-refractivity contribution is 0.00837. The van der Waals surface area contributed by atoms with E-state index in [1.54, 1.807) is 6.33 Å². The molecule has 0 saturated carbocycles. The molecule has 0 spiro atoms. The van der Waals surface area contributed by atoms with E-state index in [4.69, 9.17) is 15.6 Å². The van der Waals surface area contributed by atoms with Gasteiger partial charge in [-0.1, -0.05) is 18.2 Å². The van der Waals surface area contributed by atoms with Gasteiger partial charge >= 0.3 is 0 Å². The quantitative estimate of drug-likeness (QED) is 0.377. The highest BCUT2D eigenvalue weighted by Gasteiger charge is 2.36. The summed E-state index contributed by atoms with van der Waals surface area (Å²) in [6.45, 7) is 8.24. The third kappa shape index (κ3) is 4.97. The zero-order valence-electron chi connectivity index (χ0n) is 22.2. The zero-order valence-corrected chi connectivity index (χ0v) is 22.2. The van der Waals surface area contributed by atoms with Crippen LogP contribution in [0.5, 0.6) is 11.5 Å². The number of hydrogen-bond donors (Lipinski definition) is 2. The number of para-hydroxylation sites is 1. The number of fused-ring (bicyclic) bond motifs is 1. The maximum atomic E-state index is 6.38. The summed E-state index contributed by atoms with van der Waals surface area (Å²) in [7, 11) is 0. The molecular formula is C30H36N8O. The van der Waals surface area contributed by atoms with Gasteiger partial charge in [0, 0.05) is 44.3 Å². The molecule has 0 radical (unpaired) electrons. The van der Waals surface area contributed by atoms with Crippen LogP contribution >= 0.6 is 0 Å². The van der Waals surface area contributed by atoms with E-state index in [0.717, 1.165) is 65.6 Å². The van der Waals surface area contributed by atoms with E-state index < -0.39 is 0 Å². The molecule has 2 aromatic heterocycles. The molecule has 2 aromatic carbocycles. The van der Waals surface area contributed by atoms with Crippen molar-refractivity contribution in [2.75, 3.05) is 51.5 Å². The van der Waals surface area contributed by atoms with Crippen molar-refractivity contribution in [1.29, 1.82) is 0 Å². The average molecular weight is 525 g/mol. The number of aromatic nitrogens is 4. The first-order valence-electron chi connectivity index (χ1n) is 14.2. The van der Waals surface area contributed by atoms with Crippen LogP contribution in [-0.2, 0) is 0 Å². The first-order chi connectivity index (χ1) is 19.2. The van der Waals surface area contributed by atoms with Crippen molar-refractivity contribution in [2.24, 2.45) is 5.92 Å². The van der Waals surface area contributed by atoms with Crippen LogP contribution in [0.2, 0.25) is 0 Å². The molecule has 5 heterocycles. The molecule has 0 aliphatic carbocycles. The Hall–Kier alpha value is -3.53. The van der Waals surface area contributed by atoms with Crippen LogP contribution in [0.15, 0.2) is 60.9 Å². The summed E-state index contributed by atoms with van der Waals surface area (Å²) in [6.07, 6.45) is 5.00. The summed E-state index contributed by atoms with van der Waals surface area (Å²) in [5.41, 5.74) is 9.01. The highest BCUT2D eigenvalue weighted by atomic mass is 16.5. The van der Waals surface area contributed by atoms with Crippen LogP contribution in [0, 0.1) is 5.92 Å². The Kier molecular flexibility index (Phi) is 6.64. The van der Waals surface area contributed by atoms with E-state index in [1.807, 2.05) is 54.6 Å². The fraction of sp³-hybridized carbons (Fsp3) is 0.433. The molecule has 3 aliphatic rings. The highest BCUT2D eigenvalue weighted by molar-refractivity contribution is 5.98. The second-order valence-electron chi connectivity index (χ2n) is 11.2. The zero-order chi connectivity index (χ0) is 26.2. The van der Waals surface area contributed by atoms with Gasteiger partial charge in [0.1, 0.15) is 29.3 Å². The molecule has 202 valence electrons. The SMILES string of the molecule is Nc1ncnc2c1c(-c1ccc(Oc3ccccc3)cc1)nn2C1CCN(C2CN(CC3CCNC3)C2)CC1. The molecule has 3 saturated heterocycles. The van der Waals surface area contributed by atoms with Crippen LogP contribution in [0.4, 0.5) is 5.82 Å². The second-order valence-corrected chi connectivity index (χ2v) is 11.2. The Morgan fingerprint density at radius 2 is 1.67 bits per heavy atom. The molecule has 1 atom stereocenters. The topological polar surface area (TPSA) is 97.4 Å². The minimum atomic E-state index is 0.299. The summed E-state index contributed by atoms with van der Waals surface area (Å²) >= 11 is 0. The largest absolute Gasteiger partial charge is 0.457 e. The molecule has 3 aliphatic heterocycles. The fourth-order valence-corrected chi connectivity index (χ4v) is 6.41. The second kappa shape index (κ2) is 10.6. The Labute approximate surface area is 229 Å². The molecule has 3 fully saturated rings. The molecule has 4 aromatic rings. The Bertz CT molecular complexity index is 1400. The summed E-state index contributed by atoms with van der Waals surface area (Å²) in [4.78, 5) is 14.2. The molecule has 9 nitrogen and oxygen atoms in total. The fourth-order valence-electron chi connectivity index (χ4n) is 6.41. The number of nitrogens with one attached hydrogen (secondary N) is 1. The van der Waals surface area contributed by atoms with E-state index in [-0.39, 0.29) is 0 Å². The van der Waals surface area contributed by atoms with Crippen LogP contribution in [-0.4, -0.2) is 81.4 Å². The normalized spacial score (nSPS) is 21.4. The van der Waals surface area contributed by atoms with Gasteiger partial charge in [-0.25, -0.2) is 14.6 Å². The van der Waals surface area contributed by atoms with Gasteiger partial charge in [-0.05, 0) is 74.7 Å². The summed E-state index contributed by atoms with van der Waals surface area (Å²) in [6, 6.07) is 18.8. The van der Waals surface area contributed by atoms with Gasteiger partial charge in [-0.15, -0.1) is 0 Å². The first-order valence-corrected chi connectivity index (χ1v) is 14.2. The van der Waals surface area contributed by atoms with Crippen molar-refractivity contribution in [2.45, 2.75) is 31.3 Å². The summed E-state index contributed by atoms with van der Waals surface area (Å²) in [5.74, 6) is 2.89. The van der Waals surface area contributed by atoms with Crippen molar-refractivity contribution >= 4 is 16.9 Å². The summed E-state index contributed by atoms with van der Waals surface area (Å²) < 4.78 is 8.08. The van der Waals surface area contributed by atoms with Crippen molar-refractivity contribution in [3.8, 4) is 22.8 Å². The smallest absolute Gasteiger partial charge is 0.164 e. The minimum Gasteiger partial charge on any atom is -0.457 e. The minimum absolute atomic E-state index is 0.299.